The van der Waals surface area contributed by atoms with E-state index >= 15 is 0 Å². The van der Waals surface area contributed by atoms with Crippen LogP contribution in [0, 0.1) is 6.92 Å². The summed E-state index contributed by atoms with van der Waals surface area (Å²) in [6.45, 7) is 5.96. The highest BCUT2D eigenvalue weighted by Gasteiger charge is 2.15. The molecule has 9 nitrogen and oxygen atoms in total. The molecule has 2 N–H and O–H groups in total. The Labute approximate surface area is 136 Å². The van der Waals surface area contributed by atoms with Crippen LogP contribution in [0.4, 0.5) is 5.95 Å². The zero-order valence-corrected chi connectivity index (χ0v) is 13.8. The third kappa shape index (κ3) is 3.42. The predicted molar refractivity (Wildman–Crippen MR) is 85.0 cm³/mol. The minimum atomic E-state index is -0.285. The Bertz CT molecular complexity index is 817. The van der Waals surface area contributed by atoms with Gasteiger partial charge in [0, 0.05) is 10.8 Å². The van der Waals surface area contributed by atoms with E-state index in [1.165, 1.54) is 9.56 Å². The summed E-state index contributed by atoms with van der Waals surface area (Å²) >= 11 is 1.60. The predicted octanol–water partition coefficient (Wildman–Crippen LogP) is 1.59. The Balaban J connectivity index is 1.66. The lowest BCUT2D eigenvalue weighted by Gasteiger charge is -2.05. The van der Waals surface area contributed by atoms with Crippen LogP contribution in [0.1, 0.15) is 30.5 Å². The van der Waals surface area contributed by atoms with Gasteiger partial charge in [0.1, 0.15) is 6.54 Å². The molecule has 0 atom stereocenters. The molecular formula is C13H16N8OS. The molecule has 0 saturated heterocycles. The molecule has 3 aromatic heterocycles. The molecule has 1 amide bonds. The molecule has 0 spiro atoms. The second-order valence-corrected chi connectivity index (χ2v) is 6.60. The largest absolute Gasteiger partial charge is 0.292 e. The van der Waals surface area contributed by atoms with Gasteiger partial charge in [-0.15, -0.1) is 21.5 Å². The molecule has 3 aromatic rings. The summed E-state index contributed by atoms with van der Waals surface area (Å²) in [5, 5.41) is 20.8. The van der Waals surface area contributed by atoms with Crippen LogP contribution in [0.15, 0.2) is 12.1 Å². The van der Waals surface area contributed by atoms with Crippen LogP contribution in [-0.4, -0.2) is 41.3 Å². The first-order valence-corrected chi connectivity index (χ1v) is 7.89. The average molecular weight is 332 g/mol. The van der Waals surface area contributed by atoms with Crippen molar-refractivity contribution in [2.24, 2.45) is 0 Å². The number of nitrogens with zero attached hydrogens (tertiary/aromatic N) is 6. The molecule has 0 aliphatic carbocycles. The highest BCUT2D eigenvalue weighted by molar-refractivity contribution is 7.15. The van der Waals surface area contributed by atoms with Crippen LogP contribution >= 0.6 is 11.3 Å². The highest BCUT2D eigenvalue weighted by atomic mass is 32.1. The Hall–Kier alpha value is -2.62. The van der Waals surface area contributed by atoms with E-state index in [-0.39, 0.29) is 24.3 Å². The summed E-state index contributed by atoms with van der Waals surface area (Å²) in [7, 11) is 0. The number of tetrazole rings is 1. The number of aryl methyl sites for hydroxylation is 1. The van der Waals surface area contributed by atoms with E-state index in [0.717, 1.165) is 4.88 Å². The SMILES string of the molecule is Cc1ccc(-c2nc(NC(=O)Cn3nnnc3C(C)C)n[nH]2)s1. The van der Waals surface area contributed by atoms with Gasteiger partial charge in [-0.2, -0.15) is 4.98 Å². The van der Waals surface area contributed by atoms with E-state index in [9.17, 15) is 4.79 Å². The van der Waals surface area contributed by atoms with Gasteiger partial charge in [-0.3, -0.25) is 15.2 Å². The molecule has 0 bridgehead atoms. The number of amides is 1. The van der Waals surface area contributed by atoms with Gasteiger partial charge in [0.2, 0.25) is 11.9 Å². The Morgan fingerprint density at radius 2 is 2.26 bits per heavy atom. The van der Waals surface area contributed by atoms with Crippen molar-refractivity contribution in [3.8, 4) is 10.7 Å². The minimum absolute atomic E-state index is 0.0164. The normalized spacial score (nSPS) is 11.1. The monoisotopic (exact) mass is 332 g/mol. The van der Waals surface area contributed by atoms with E-state index in [4.69, 9.17) is 0 Å². The molecule has 0 saturated carbocycles. The van der Waals surface area contributed by atoms with Crippen LogP contribution in [0.2, 0.25) is 0 Å². The first-order chi connectivity index (χ1) is 11.0. The fourth-order valence-corrected chi connectivity index (χ4v) is 2.83. The zero-order chi connectivity index (χ0) is 16.4. The number of hydrogen-bond acceptors (Lipinski definition) is 7. The van der Waals surface area contributed by atoms with E-state index in [1.807, 2.05) is 32.9 Å². The number of aromatic amines is 1. The Morgan fingerprint density at radius 3 is 2.96 bits per heavy atom. The number of H-pyrrole nitrogens is 1. The maximum absolute atomic E-state index is 12.1. The Kier molecular flexibility index (Phi) is 4.15. The average Bonchev–Trinajstić information content (AvgIpc) is 3.19. The van der Waals surface area contributed by atoms with Crippen molar-refractivity contribution in [1.82, 2.24) is 35.4 Å². The molecule has 0 aliphatic heterocycles. The molecule has 0 radical (unpaired) electrons. The lowest BCUT2D eigenvalue weighted by atomic mass is 10.2. The van der Waals surface area contributed by atoms with Gasteiger partial charge in [-0.1, -0.05) is 13.8 Å². The topological polar surface area (TPSA) is 114 Å². The summed E-state index contributed by atoms with van der Waals surface area (Å²) in [6, 6.07) is 3.97. The van der Waals surface area contributed by atoms with Crippen molar-refractivity contribution in [1.29, 1.82) is 0 Å². The van der Waals surface area contributed by atoms with Crippen molar-refractivity contribution in [3.63, 3.8) is 0 Å². The van der Waals surface area contributed by atoms with Gasteiger partial charge < -0.3 is 0 Å². The zero-order valence-electron chi connectivity index (χ0n) is 12.9. The smallest absolute Gasteiger partial charge is 0.249 e. The number of carbonyl (C=O) groups is 1. The van der Waals surface area contributed by atoms with Crippen LogP contribution < -0.4 is 5.32 Å². The van der Waals surface area contributed by atoms with Crippen LogP contribution in [-0.2, 0) is 11.3 Å². The molecule has 23 heavy (non-hydrogen) atoms. The van der Waals surface area contributed by atoms with Crippen molar-refractivity contribution in [3.05, 3.63) is 22.8 Å². The van der Waals surface area contributed by atoms with Gasteiger partial charge in [0.05, 0.1) is 4.88 Å². The standard InChI is InChI=1S/C13H16N8OS/c1-7(2)12-17-19-20-21(12)6-10(22)14-13-15-11(16-18-13)9-5-4-8(3)23-9/h4-5,7H,6H2,1-3H3,(H2,14,15,16,18,22). The minimum Gasteiger partial charge on any atom is -0.292 e. The van der Waals surface area contributed by atoms with Crippen molar-refractivity contribution in [2.75, 3.05) is 5.32 Å². The van der Waals surface area contributed by atoms with Crippen molar-refractivity contribution >= 4 is 23.2 Å². The van der Waals surface area contributed by atoms with Crippen LogP contribution in [0.25, 0.3) is 10.7 Å². The summed E-state index contributed by atoms with van der Waals surface area (Å²) < 4.78 is 1.47. The van der Waals surface area contributed by atoms with E-state index in [1.54, 1.807) is 11.3 Å². The molecular weight excluding hydrogens is 316 g/mol. The number of carbonyl (C=O) groups excluding carboxylic acids is 1. The third-order valence-electron chi connectivity index (χ3n) is 3.08. The number of aromatic nitrogens is 7. The first kappa shape index (κ1) is 15.3. The second kappa shape index (κ2) is 6.24. The molecule has 0 aromatic carbocycles. The molecule has 120 valence electrons. The fourth-order valence-electron chi connectivity index (χ4n) is 2.03. The molecule has 0 fully saturated rings. The maximum atomic E-state index is 12.1. The van der Waals surface area contributed by atoms with Gasteiger partial charge in [-0.25, -0.2) is 4.68 Å². The molecule has 0 aliphatic rings. The van der Waals surface area contributed by atoms with E-state index in [2.05, 4.69) is 36.0 Å². The van der Waals surface area contributed by atoms with Gasteiger partial charge in [-0.05, 0) is 29.5 Å². The van der Waals surface area contributed by atoms with Gasteiger partial charge >= 0.3 is 0 Å². The summed E-state index contributed by atoms with van der Waals surface area (Å²) in [6.07, 6.45) is 0. The summed E-state index contributed by atoms with van der Waals surface area (Å²) in [5.74, 6) is 1.37. The Morgan fingerprint density at radius 1 is 1.43 bits per heavy atom. The molecule has 3 heterocycles. The van der Waals surface area contributed by atoms with Crippen LogP contribution in [0.5, 0.6) is 0 Å². The maximum Gasteiger partial charge on any atom is 0.249 e. The lowest BCUT2D eigenvalue weighted by Crippen LogP contribution is -2.22. The lowest BCUT2D eigenvalue weighted by molar-refractivity contribution is -0.117. The number of rotatable bonds is 5. The molecule has 3 rings (SSSR count). The summed E-state index contributed by atoms with van der Waals surface area (Å²) in [4.78, 5) is 18.5. The summed E-state index contributed by atoms with van der Waals surface area (Å²) in [5.41, 5.74) is 0. The second-order valence-electron chi connectivity index (χ2n) is 5.32. The number of anilines is 1. The van der Waals surface area contributed by atoms with E-state index in [0.29, 0.717) is 11.6 Å². The van der Waals surface area contributed by atoms with Crippen molar-refractivity contribution in [2.45, 2.75) is 33.2 Å². The number of thiophene rings is 1. The fraction of sp³-hybridized carbons (Fsp3) is 0.385. The quantitative estimate of drug-likeness (QED) is 0.733. The van der Waals surface area contributed by atoms with Gasteiger partial charge in [0.15, 0.2) is 11.6 Å². The van der Waals surface area contributed by atoms with E-state index < -0.39 is 0 Å². The van der Waals surface area contributed by atoms with Crippen molar-refractivity contribution < 1.29 is 4.79 Å². The highest BCUT2D eigenvalue weighted by Crippen LogP contribution is 2.24. The third-order valence-corrected chi connectivity index (χ3v) is 4.09. The van der Waals surface area contributed by atoms with Gasteiger partial charge in [0.25, 0.3) is 0 Å². The molecule has 10 heteroatoms. The van der Waals surface area contributed by atoms with Crippen LogP contribution in [0.3, 0.4) is 0 Å². The molecule has 0 unspecified atom stereocenters. The number of hydrogen-bond donors (Lipinski definition) is 2. The number of nitrogens with one attached hydrogen (secondary N) is 2. The first-order valence-electron chi connectivity index (χ1n) is 7.08.